The average Bonchev–Trinajstić information content (AvgIpc) is 2.59. The van der Waals surface area contributed by atoms with Gasteiger partial charge in [0.15, 0.2) is 9.84 Å². The maximum atomic E-state index is 12.5. The Hall–Kier alpha value is -1.31. The predicted molar refractivity (Wildman–Crippen MR) is 112 cm³/mol. The number of halogens is 1. The molecular formula is C20H31ClN2O4S. The molecule has 1 atom stereocenters. The lowest BCUT2D eigenvalue weighted by Gasteiger charge is -2.35. The van der Waals surface area contributed by atoms with Gasteiger partial charge in [0.1, 0.15) is 5.60 Å². The summed E-state index contributed by atoms with van der Waals surface area (Å²) in [6.07, 6.45) is 1.69. The summed E-state index contributed by atoms with van der Waals surface area (Å²) in [5.74, 6) is 0.382. The second-order valence-electron chi connectivity index (χ2n) is 8.44. The maximum Gasteiger partial charge on any atom is 0.410 e. The summed E-state index contributed by atoms with van der Waals surface area (Å²) in [6, 6.07) is 6.29. The number of ether oxygens (including phenoxy) is 1. The highest BCUT2D eigenvalue weighted by molar-refractivity contribution is 7.91. The molecule has 1 heterocycles. The fourth-order valence-corrected chi connectivity index (χ4v) is 4.73. The zero-order valence-electron chi connectivity index (χ0n) is 17.2. The number of hydrogen-bond acceptors (Lipinski definition) is 5. The number of rotatable bonds is 6. The first-order valence-electron chi connectivity index (χ1n) is 9.61. The summed E-state index contributed by atoms with van der Waals surface area (Å²) in [5.41, 5.74) is -0.514. The third kappa shape index (κ3) is 7.26. The number of carbonyl (C=O) groups is 1. The maximum absolute atomic E-state index is 12.5. The van der Waals surface area contributed by atoms with E-state index in [9.17, 15) is 13.2 Å². The van der Waals surface area contributed by atoms with Crippen LogP contribution < -0.4 is 0 Å². The normalized spacial score (nSPS) is 18.7. The van der Waals surface area contributed by atoms with Crippen molar-refractivity contribution in [2.45, 2.75) is 44.1 Å². The molecule has 8 heteroatoms. The number of sulfone groups is 1. The number of amides is 1. The van der Waals surface area contributed by atoms with E-state index in [2.05, 4.69) is 4.90 Å². The van der Waals surface area contributed by atoms with Crippen molar-refractivity contribution < 1.29 is 17.9 Å². The van der Waals surface area contributed by atoms with Gasteiger partial charge in [-0.3, -0.25) is 0 Å². The van der Waals surface area contributed by atoms with Gasteiger partial charge < -0.3 is 14.5 Å². The molecule has 158 valence electrons. The minimum absolute atomic E-state index is 0.0727. The first kappa shape index (κ1) is 23.0. The minimum atomic E-state index is -3.34. The SMILES string of the molecule is CN(CC1CCCN(CCS(=O)(=O)c2ccc(Cl)cc2)C1)C(=O)OC(C)(C)C. The van der Waals surface area contributed by atoms with Gasteiger partial charge in [-0.25, -0.2) is 13.2 Å². The van der Waals surface area contributed by atoms with Gasteiger partial charge in [-0.2, -0.15) is 0 Å². The van der Waals surface area contributed by atoms with Crippen LogP contribution in [0, 0.1) is 5.92 Å². The number of carbonyl (C=O) groups excluding carboxylic acids is 1. The quantitative estimate of drug-likeness (QED) is 0.688. The molecule has 0 saturated carbocycles. The first-order chi connectivity index (χ1) is 13.0. The largest absolute Gasteiger partial charge is 0.444 e. The van der Waals surface area contributed by atoms with E-state index in [1.165, 1.54) is 0 Å². The summed E-state index contributed by atoms with van der Waals surface area (Å²) >= 11 is 5.84. The Morgan fingerprint density at radius 1 is 1.29 bits per heavy atom. The molecule has 0 N–H and O–H groups in total. The lowest BCUT2D eigenvalue weighted by Crippen LogP contribution is -2.44. The Balaban J connectivity index is 1.86. The fraction of sp³-hybridized carbons (Fsp3) is 0.650. The molecule has 1 amide bonds. The van der Waals surface area contributed by atoms with E-state index in [1.54, 1.807) is 36.2 Å². The van der Waals surface area contributed by atoms with Gasteiger partial charge >= 0.3 is 6.09 Å². The van der Waals surface area contributed by atoms with Crippen molar-refractivity contribution in [3.05, 3.63) is 29.3 Å². The van der Waals surface area contributed by atoms with E-state index < -0.39 is 15.4 Å². The van der Waals surface area contributed by atoms with Gasteiger partial charge in [0, 0.05) is 31.7 Å². The molecule has 28 heavy (non-hydrogen) atoms. The van der Waals surface area contributed by atoms with E-state index in [0.29, 0.717) is 28.9 Å². The van der Waals surface area contributed by atoms with Gasteiger partial charge in [-0.15, -0.1) is 0 Å². The van der Waals surface area contributed by atoms with Crippen molar-refractivity contribution in [2.75, 3.05) is 39.0 Å². The molecule has 0 aliphatic carbocycles. The smallest absolute Gasteiger partial charge is 0.410 e. The second-order valence-corrected chi connectivity index (χ2v) is 11.0. The lowest BCUT2D eigenvalue weighted by molar-refractivity contribution is 0.0245. The van der Waals surface area contributed by atoms with Gasteiger partial charge in [0.25, 0.3) is 0 Å². The van der Waals surface area contributed by atoms with Crippen LogP contribution in [-0.2, 0) is 14.6 Å². The van der Waals surface area contributed by atoms with Crippen molar-refractivity contribution >= 4 is 27.5 Å². The molecule has 1 aliphatic rings. The van der Waals surface area contributed by atoms with Crippen LogP contribution in [0.4, 0.5) is 4.79 Å². The number of likely N-dealkylation sites (tertiary alicyclic amines) is 1. The Labute approximate surface area is 173 Å². The molecule has 1 aromatic carbocycles. The molecule has 0 spiro atoms. The number of hydrogen-bond donors (Lipinski definition) is 0. The van der Waals surface area contributed by atoms with Crippen molar-refractivity contribution in [1.82, 2.24) is 9.80 Å². The number of piperidine rings is 1. The zero-order chi connectivity index (χ0) is 20.9. The van der Waals surface area contributed by atoms with Gasteiger partial charge in [-0.1, -0.05) is 11.6 Å². The molecule has 0 bridgehead atoms. The van der Waals surface area contributed by atoms with Crippen molar-refractivity contribution in [2.24, 2.45) is 5.92 Å². The molecule has 1 aliphatic heterocycles. The van der Waals surface area contributed by atoms with Crippen LogP contribution in [0.3, 0.4) is 0 Å². The van der Waals surface area contributed by atoms with Gasteiger partial charge in [-0.05, 0) is 70.3 Å². The summed E-state index contributed by atoms with van der Waals surface area (Å²) in [4.78, 5) is 16.2. The Morgan fingerprint density at radius 2 is 1.93 bits per heavy atom. The highest BCUT2D eigenvalue weighted by atomic mass is 35.5. The second kappa shape index (κ2) is 9.46. The predicted octanol–water partition coefficient (Wildman–Crippen LogP) is 3.69. The topological polar surface area (TPSA) is 66.9 Å². The molecular weight excluding hydrogens is 400 g/mol. The zero-order valence-corrected chi connectivity index (χ0v) is 18.7. The third-order valence-electron chi connectivity index (χ3n) is 4.69. The fourth-order valence-electron chi connectivity index (χ4n) is 3.31. The van der Waals surface area contributed by atoms with Crippen LogP contribution in [0.5, 0.6) is 0 Å². The van der Waals surface area contributed by atoms with E-state index in [0.717, 1.165) is 25.9 Å². The third-order valence-corrected chi connectivity index (χ3v) is 6.65. The molecule has 0 aromatic heterocycles. The van der Waals surface area contributed by atoms with Crippen LogP contribution in [0.25, 0.3) is 0 Å². The van der Waals surface area contributed by atoms with E-state index in [-0.39, 0.29) is 11.8 Å². The number of benzene rings is 1. The molecule has 2 rings (SSSR count). The number of nitrogens with zero attached hydrogens (tertiary/aromatic N) is 2. The Bertz CT molecular complexity index is 759. The lowest BCUT2D eigenvalue weighted by atomic mass is 9.98. The van der Waals surface area contributed by atoms with Gasteiger partial charge in [0.2, 0.25) is 0 Å². The average molecular weight is 431 g/mol. The molecule has 0 radical (unpaired) electrons. The first-order valence-corrected chi connectivity index (χ1v) is 11.6. The van der Waals surface area contributed by atoms with Gasteiger partial charge in [0.05, 0.1) is 10.6 Å². The highest BCUT2D eigenvalue weighted by Crippen LogP contribution is 2.20. The van der Waals surface area contributed by atoms with E-state index in [1.807, 2.05) is 20.8 Å². The monoisotopic (exact) mass is 430 g/mol. The molecule has 1 fully saturated rings. The Kier molecular flexibility index (Phi) is 7.76. The van der Waals surface area contributed by atoms with E-state index >= 15 is 0 Å². The minimum Gasteiger partial charge on any atom is -0.444 e. The highest BCUT2D eigenvalue weighted by Gasteiger charge is 2.26. The van der Waals surface area contributed by atoms with Crippen LogP contribution in [0.1, 0.15) is 33.6 Å². The van der Waals surface area contributed by atoms with Crippen LogP contribution in [-0.4, -0.2) is 68.9 Å². The summed E-state index contributed by atoms with van der Waals surface area (Å²) in [5, 5.41) is 0.520. The molecule has 1 saturated heterocycles. The standard InChI is InChI=1S/C20H31ClN2O4S/c1-20(2,3)27-19(24)22(4)14-16-6-5-11-23(15-16)12-13-28(25,26)18-9-7-17(21)8-10-18/h7-10,16H,5-6,11-15H2,1-4H3. The molecule has 6 nitrogen and oxygen atoms in total. The molecule has 1 aromatic rings. The summed E-state index contributed by atoms with van der Waals surface area (Å²) in [7, 11) is -1.59. The van der Waals surface area contributed by atoms with Crippen molar-refractivity contribution in [3.8, 4) is 0 Å². The Morgan fingerprint density at radius 3 is 2.54 bits per heavy atom. The van der Waals surface area contributed by atoms with Crippen molar-refractivity contribution in [1.29, 1.82) is 0 Å². The van der Waals surface area contributed by atoms with E-state index in [4.69, 9.17) is 16.3 Å². The van der Waals surface area contributed by atoms with Crippen LogP contribution in [0.15, 0.2) is 29.2 Å². The summed E-state index contributed by atoms with van der Waals surface area (Å²) < 4.78 is 30.5. The summed E-state index contributed by atoms with van der Waals surface area (Å²) in [6.45, 7) is 8.30. The van der Waals surface area contributed by atoms with Crippen molar-refractivity contribution in [3.63, 3.8) is 0 Å². The van der Waals surface area contributed by atoms with Crippen LogP contribution >= 0.6 is 11.6 Å². The van der Waals surface area contributed by atoms with Crippen LogP contribution in [0.2, 0.25) is 5.02 Å². The molecule has 1 unspecified atom stereocenters.